The maximum atomic E-state index is 12.3. The average Bonchev–Trinajstić information content (AvgIpc) is 2.64. The standard InChI is InChI=1S/C17H22N6O4/c1-12(21-17(25)26)8-20-27-11-16(24)23-6-5-22(10-13(23)2)15-4-3-14(7-18)9-19-15/h3-4,8-9,12-13,21H,5-6,10-11H2,1-2H3,(H,25,26)/b20-8+/t12?,13-/m1/s1. The lowest BCUT2D eigenvalue weighted by Crippen LogP contribution is -2.55. The number of nitriles is 1. The highest BCUT2D eigenvalue weighted by Gasteiger charge is 2.28. The highest BCUT2D eigenvalue weighted by Crippen LogP contribution is 2.17. The third kappa shape index (κ3) is 5.85. The van der Waals surface area contributed by atoms with E-state index in [4.69, 9.17) is 15.2 Å². The summed E-state index contributed by atoms with van der Waals surface area (Å²) in [6.45, 7) is 5.09. The number of aromatic nitrogens is 1. The van der Waals surface area contributed by atoms with Crippen LogP contribution in [0.1, 0.15) is 19.4 Å². The van der Waals surface area contributed by atoms with Gasteiger partial charge in [0.1, 0.15) is 11.9 Å². The fraction of sp³-hybridized carbons (Fsp3) is 0.471. The van der Waals surface area contributed by atoms with Gasteiger partial charge in [-0.15, -0.1) is 0 Å². The first-order valence-electron chi connectivity index (χ1n) is 8.46. The summed E-state index contributed by atoms with van der Waals surface area (Å²) in [5, 5.41) is 23.2. The molecule has 2 heterocycles. The second kappa shape index (κ2) is 9.38. The largest absolute Gasteiger partial charge is 0.465 e. The predicted molar refractivity (Wildman–Crippen MR) is 97.4 cm³/mol. The molecule has 1 aromatic rings. The Kier molecular flexibility index (Phi) is 6.93. The zero-order chi connectivity index (χ0) is 19.8. The van der Waals surface area contributed by atoms with Gasteiger partial charge in [0.2, 0.25) is 0 Å². The summed E-state index contributed by atoms with van der Waals surface area (Å²) >= 11 is 0. The molecule has 144 valence electrons. The minimum atomic E-state index is -1.16. The molecule has 1 aliphatic rings. The number of amides is 2. The minimum absolute atomic E-state index is 0.0381. The molecule has 0 bridgehead atoms. The lowest BCUT2D eigenvalue weighted by Gasteiger charge is -2.40. The first-order chi connectivity index (χ1) is 12.9. The number of piperazine rings is 1. The van der Waals surface area contributed by atoms with E-state index in [1.807, 2.05) is 13.0 Å². The topological polar surface area (TPSA) is 131 Å². The molecule has 2 rings (SSSR count). The number of oxime groups is 1. The monoisotopic (exact) mass is 374 g/mol. The molecule has 0 aliphatic carbocycles. The molecule has 1 aromatic heterocycles. The summed E-state index contributed by atoms with van der Waals surface area (Å²) in [4.78, 5) is 35.8. The van der Waals surface area contributed by atoms with Crippen LogP contribution in [0, 0.1) is 11.3 Å². The van der Waals surface area contributed by atoms with Crippen molar-refractivity contribution in [3.05, 3.63) is 23.9 Å². The van der Waals surface area contributed by atoms with E-state index in [1.165, 1.54) is 12.4 Å². The van der Waals surface area contributed by atoms with Crippen LogP contribution in [0.25, 0.3) is 0 Å². The number of anilines is 1. The van der Waals surface area contributed by atoms with Crippen LogP contribution in [0.5, 0.6) is 0 Å². The van der Waals surface area contributed by atoms with Gasteiger partial charge >= 0.3 is 6.09 Å². The Labute approximate surface area is 157 Å². The second-order valence-electron chi connectivity index (χ2n) is 6.17. The third-order valence-corrected chi connectivity index (χ3v) is 4.05. The highest BCUT2D eigenvalue weighted by atomic mass is 16.6. The van der Waals surface area contributed by atoms with Gasteiger partial charge in [0, 0.05) is 31.9 Å². The van der Waals surface area contributed by atoms with Crippen molar-refractivity contribution in [3.63, 3.8) is 0 Å². The maximum Gasteiger partial charge on any atom is 0.405 e. The van der Waals surface area contributed by atoms with Gasteiger partial charge in [0.15, 0.2) is 6.61 Å². The van der Waals surface area contributed by atoms with Gasteiger partial charge in [-0.2, -0.15) is 5.26 Å². The number of carboxylic acid groups (broad SMARTS) is 1. The zero-order valence-corrected chi connectivity index (χ0v) is 15.2. The number of nitrogens with zero attached hydrogens (tertiary/aromatic N) is 5. The van der Waals surface area contributed by atoms with E-state index in [1.54, 1.807) is 24.0 Å². The number of pyridine rings is 1. The smallest absolute Gasteiger partial charge is 0.405 e. The molecule has 10 nitrogen and oxygen atoms in total. The number of hydrogen-bond acceptors (Lipinski definition) is 7. The van der Waals surface area contributed by atoms with Crippen LogP contribution < -0.4 is 10.2 Å². The quantitative estimate of drug-likeness (QED) is 0.552. The van der Waals surface area contributed by atoms with Crippen LogP contribution in [-0.2, 0) is 9.63 Å². The van der Waals surface area contributed by atoms with Crippen LogP contribution in [0.15, 0.2) is 23.5 Å². The van der Waals surface area contributed by atoms with E-state index in [9.17, 15) is 9.59 Å². The van der Waals surface area contributed by atoms with E-state index < -0.39 is 12.1 Å². The van der Waals surface area contributed by atoms with E-state index in [0.29, 0.717) is 25.2 Å². The van der Waals surface area contributed by atoms with Crippen molar-refractivity contribution in [2.45, 2.75) is 25.9 Å². The van der Waals surface area contributed by atoms with Crippen molar-refractivity contribution < 1.29 is 19.5 Å². The summed E-state index contributed by atoms with van der Waals surface area (Å²) in [6, 6.07) is 5.00. The molecule has 27 heavy (non-hydrogen) atoms. The Morgan fingerprint density at radius 3 is 2.93 bits per heavy atom. The van der Waals surface area contributed by atoms with Gasteiger partial charge in [0.25, 0.3) is 5.91 Å². The van der Waals surface area contributed by atoms with E-state index in [0.717, 1.165) is 5.82 Å². The summed E-state index contributed by atoms with van der Waals surface area (Å²) in [5.41, 5.74) is 0.506. The maximum absolute atomic E-state index is 12.3. The van der Waals surface area contributed by atoms with Crippen molar-refractivity contribution in [1.29, 1.82) is 5.26 Å². The van der Waals surface area contributed by atoms with E-state index in [2.05, 4.69) is 20.4 Å². The molecule has 1 saturated heterocycles. The number of hydrogen-bond donors (Lipinski definition) is 2. The molecule has 0 radical (unpaired) electrons. The van der Waals surface area contributed by atoms with Crippen molar-refractivity contribution in [3.8, 4) is 6.07 Å². The first-order valence-corrected chi connectivity index (χ1v) is 8.46. The molecule has 2 amide bonds. The molecule has 2 atom stereocenters. The highest BCUT2D eigenvalue weighted by molar-refractivity contribution is 5.78. The zero-order valence-electron chi connectivity index (χ0n) is 15.2. The summed E-state index contributed by atoms with van der Waals surface area (Å²) < 4.78 is 0. The molecule has 0 saturated carbocycles. The molecule has 0 aromatic carbocycles. The van der Waals surface area contributed by atoms with Gasteiger partial charge < -0.3 is 25.1 Å². The number of nitrogens with one attached hydrogen (secondary N) is 1. The van der Waals surface area contributed by atoms with Crippen molar-refractivity contribution in [1.82, 2.24) is 15.2 Å². The predicted octanol–water partition coefficient (Wildman–Crippen LogP) is 0.649. The lowest BCUT2D eigenvalue weighted by molar-refractivity contribution is -0.138. The molecule has 1 fully saturated rings. The van der Waals surface area contributed by atoms with Crippen molar-refractivity contribution in [2.24, 2.45) is 5.16 Å². The van der Waals surface area contributed by atoms with Gasteiger partial charge in [-0.3, -0.25) is 4.79 Å². The fourth-order valence-electron chi connectivity index (χ4n) is 2.72. The van der Waals surface area contributed by atoms with Crippen LogP contribution in [0.2, 0.25) is 0 Å². The van der Waals surface area contributed by atoms with E-state index >= 15 is 0 Å². The average molecular weight is 374 g/mol. The Morgan fingerprint density at radius 2 is 2.33 bits per heavy atom. The summed E-state index contributed by atoms with van der Waals surface area (Å²) in [5.74, 6) is 0.583. The van der Waals surface area contributed by atoms with Gasteiger partial charge in [-0.1, -0.05) is 5.16 Å². The van der Waals surface area contributed by atoms with Gasteiger partial charge in [0.05, 0.1) is 17.8 Å². The molecule has 2 N–H and O–H groups in total. The fourth-order valence-corrected chi connectivity index (χ4v) is 2.72. The summed E-state index contributed by atoms with van der Waals surface area (Å²) in [6.07, 6.45) is 1.65. The Bertz CT molecular complexity index is 730. The molecule has 1 aliphatic heterocycles. The SMILES string of the molecule is CC(/C=N/OCC(=O)N1CCN(c2ccc(C#N)cn2)C[C@H]1C)NC(=O)O. The Morgan fingerprint density at radius 1 is 1.56 bits per heavy atom. The molecule has 1 unspecified atom stereocenters. The number of rotatable bonds is 6. The Balaban J connectivity index is 1.81. The molecular formula is C17H22N6O4. The lowest BCUT2D eigenvalue weighted by atomic mass is 10.2. The molecule has 10 heteroatoms. The van der Waals surface area contributed by atoms with Gasteiger partial charge in [-0.05, 0) is 26.0 Å². The Hall–Kier alpha value is -3.35. The first kappa shape index (κ1) is 20.0. The second-order valence-corrected chi connectivity index (χ2v) is 6.17. The molecule has 0 spiro atoms. The minimum Gasteiger partial charge on any atom is -0.465 e. The van der Waals surface area contributed by atoms with Crippen molar-refractivity contribution in [2.75, 3.05) is 31.1 Å². The van der Waals surface area contributed by atoms with Gasteiger partial charge in [-0.25, -0.2) is 9.78 Å². The number of carbonyl (C=O) groups excluding carboxylic acids is 1. The third-order valence-electron chi connectivity index (χ3n) is 4.05. The van der Waals surface area contributed by atoms with Crippen molar-refractivity contribution >= 4 is 24.0 Å². The van der Waals surface area contributed by atoms with Crippen LogP contribution in [0.3, 0.4) is 0 Å². The normalized spacial score (nSPS) is 18.0. The van der Waals surface area contributed by atoms with E-state index in [-0.39, 0.29) is 18.6 Å². The van der Waals surface area contributed by atoms with Crippen LogP contribution >= 0.6 is 0 Å². The van der Waals surface area contributed by atoms with Crippen LogP contribution in [-0.4, -0.2) is 71.5 Å². The number of carbonyl (C=O) groups is 2. The van der Waals surface area contributed by atoms with Crippen LogP contribution in [0.4, 0.5) is 10.6 Å². The molecular weight excluding hydrogens is 352 g/mol. The summed E-state index contributed by atoms with van der Waals surface area (Å²) in [7, 11) is 0.